The zero-order valence-corrected chi connectivity index (χ0v) is 11.6. The number of nitrogens with two attached hydrogens (primary N) is 1. The van der Waals surface area contributed by atoms with Crippen LogP contribution in [0.3, 0.4) is 0 Å². The van der Waals surface area contributed by atoms with Gasteiger partial charge in [0.25, 0.3) is 0 Å². The predicted molar refractivity (Wildman–Crippen MR) is 74.3 cm³/mol. The van der Waals surface area contributed by atoms with Crippen LogP contribution in [0.15, 0.2) is 40.9 Å². The molecule has 0 aromatic heterocycles. The van der Waals surface area contributed by atoms with Crippen LogP contribution in [0.25, 0.3) is 0 Å². The summed E-state index contributed by atoms with van der Waals surface area (Å²) in [5, 5.41) is 0.334. The van der Waals surface area contributed by atoms with Gasteiger partial charge in [0.1, 0.15) is 12.4 Å². The van der Waals surface area contributed by atoms with Crippen LogP contribution in [0.1, 0.15) is 5.56 Å². The maximum Gasteiger partial charge on any atom is 0.156 e. The van der Waals surface area contributed by atoms with E-state index in [9.17, 15) is 4.39 Å². The van der Waals surface area contributed by atoms with Crippen molar-refractivity contribution in [3.63, 3.8) is 0 Å². The molecule has 0 aliphatic carbocycles. The van der Waals surface area contributed by atoms with Gasteiger partial charge in [0, 0.05) is 5.56 Å². The number of ether oxygens (including phenoxy) is 1. The van der Waals surface area contributed by atoms with Crippen molar-refractivity contribution in [2.75, 3.05) is 5.73 Å². The van der Waals surface area contributed by atoms with Gasteiger partial charge in [0.15, 0.2) is 5.75 Å². The number of hydrogen-bond acceptors (Lipinski definition) is 2. The van der Waals surface area contributed by atoms with Gasteiger partial charge in [-0.1, -0.05) is 23.7 Å². The van der Waals surface area contributed by atoms with Crippen molar-refractivity contribution in [2.24, 2.45) is 0 Å². The van der Waals surface area contributed by atoms with Gasteiger partial charge in [-0.2, -0.15) is 0 Å². The molecular weight excluding hydrogens is 321 g/mol. The topological polar surface area (TPSA) is 35.2 Å². The predicted octanol–water partition coefficient (Wildman–Crippen LogP) is 4.40. The van der Waals surface area contributed by atoms with Crippen LogP contribution in [-0.2, 0) is 6.61 Å². The summed E-state index contributed by atoms with van der Waals surface area (Å²) in [6.07, 6.45) is 0. The highest BCUT2D eigenvalue weighted by Gasteiger charge is 2.07. The molecule has 0 saturated carbocycles. The van der Waals surface area contributed by atoms with Gasteiger partial charge in [-0.15, -0.1) is 0 Å². The Hall–Kier alpha value is -1.26. The number of para-hydroxylation sites is 1. The van der Waals surface area contributed by atoms with Crippen molar-refractivity contribution in [2.45, 2.75) is 6.61 Å². The quantitative estimate of drug-likeness (QED) is 0.846. The molecule has 2 nitrogen and oxygen atoms in total. The molecule has 0 aliphatic heterocycles. The Balaban J connectivity index is 2.16. The molecule has 0 heterocycles. The maximum atomic E-state index is 12.9. The van der Waals surface area contributed by atoms with E-state index in [1.807, 2.05) is 12.1 Å². The van der Waals surface area contributed by atoms with E-state index in [1.165, 1.54) is 12.1 Å². The molecule has 0 radical (unpaired) electrons. The first kappa shape index (κ1) is 13.2. The largest absolute Gasteiger partial charge is 0.485 e. The zero-order chi connectivity index (χ0) is 13.1. The molecule has 0 unspecified atom stereocenters. The lowest BCUT2D eigenvalue weighted by atomic mass is 10.2. The normalized spacial score (nSPS) is 10.4. The van der Waals surface area contributed by atoms with Gasteiger partial charge in [-0.25, -0.2) is 4.39 Å². The van der Waals surface area contributed by atoms with Crippen molar-refractivity contribution < 1.29 is 9.13 Å². The zero-order valence-electron chi connectivity index (χ0n) is 9.29. The Morgan fingerprint density at radius 3 is 2.72 bits per heavy atom. The lowest BCUT2D eigenvalue weighted by molar-refractivity contribution is 0.306. The Morgan fingerprint density at radius 1 is 1.28 bits per heavy atom. The monoisotopic (exact) mass is 329 g/mol. The molecule has 2 aromatic carbocycles. The minimum atomic E-state index is -0.371. The summed E-state index contributed by atoms with van der Waals surface area (Å²) in [6, 6.07) is 9.57. The molecule has 0 bridgehead atoms. The molecule has 2 N–H and O–H groups in total. The van der Waals surface area contributed by atoms with Crippen molar-refractivity contribution in [3.05, 3.63) is 57.3 Å². The van der Waals surface area contributed by atoms with Crippen molar-refractivity contribution in [1.29, 1.82) is 0 Å². The van der Waals surface area contributed by atoms with E-state index in [1.54, 1.807) is 12.1 Å². The minimum Gasteiger partial charge on any atom is -0.485 e. The molecule has 0 saturated heterocycles. The molecule has 2 aromatic rings. The first-order valence-corrected chi connectivity index (χ1v) is 6.35. The van der Waals surface area contributed by atoms with E-state index in [0.29, 0.717) is 22.0 Å². The molecule has 0 spiro atoms. The molecule has 0 amide bonds. The van der Waals surface area contributed by atoms with Gasteiger partial charge in [-0.05, 0) is 40.2 Å². The lowest BCUT2D eigenvalue weighted by Gasteiger charge is -2.11. The summed E-state index contributed by atoms with van der Waals surface area (Å²) in [7, 11) is 0. The highest BCUT2D eigenvalue weighted by Crippen LogP contribution is 2.32. The number of rotatable bonds is 3. The van der Waals surface area contributed by atoms with Gasteiger partial charge in [0.2, 0.25) is 0 Å². The SMILES string of the molecule is Nc1cccc(Br)c1OCc1ccc(F)cc1Cl. The van der Waals surface area contributed by atoms with Gasteiger partial charge in [-0.3, -0.25) is 0 Å². The average molecular weight is 331 g/mol. The second kappa shape index (κ2) is 5.59. The Labute approximate surface area is 118 Å². The van der Waals surface area contributed by atoms with Crippen LogP contribution in [0.4, 0.5) is 10.1 Å². The smallest absolute Gasteiger partial charge is 0.156 e. The highest BCUT2D eigenvalue weighted by atomic mass is 79.9. The van der Waals surface area contributed by atoms with E-state index in [2.05, 4.69) is 15.9 Å². The molecule has 0 fully saturated rings. The third kappa shape index (κ3) is 2.94. The summed E-state index contributed by atoms with van der Waals surface area (Å²) in [4.78, 5) is 0. The summed E-state index contributed by atoms with van der Waals surface area (Å²) < 4.78 is 19.2. The first-order valence-electron chi connectivity index (χ1n) is 5.18. The number of nitrogen functional groups attached to an aromatic ring is 1. The summed E-state index contributed by atoms with van der Waals surface area (Å²) in [5.74, 6) is 0.182. The fourth-order valence-corrected chi connectivity index (χ4v) is 2.18. The second-order valence-corrected chi connectivity index (χ2v) is 4.94. The number of benzene rings is 2. The maximum absolute atomic E-state index is 12.9. The van der Waals surface area contributed by atoms with Crippen LogP contribution in [0.5, 0.6) is 5.75 Å². The van der Waals surface area contributed by atoms with Crippen molar-refractivity contribution >= 4 is 33.2 Å². The van der Waals surface area contributed by atoms with Gasteiger partial charge < -0.3 is 10.5 Å². The summed E-state index contributed by atoms with van der Waals surface area (Å²) >= 11 is 9.27. The van der Waals surface area contributed by atoms with E-state index in [0.717, 1.165) is 4.47 Å². The minimum absolute atomic E-state index is 0.228. The molecule has 5 heteroatoms. The second-order valence-electron chi connectivity index (χ2n) is 3.68. The van der Waals surface area contributed by atoms with Gasteiger partial charge in [0.05, 0.1) is 15.2 Å². The van der Waals surface area contributed by atoms with Crippen LogP contribution in [0.2, 0.25) is 5.02 Å². The lowest BCUT2D eigenvalue weighted by Crippen LogP contribution is -2.00. The number of hydrogen-bond donors (Lipinski definition) is 1. The highest BCUT2D eigenvalue weighted by molar-refractivity contribution is 9.10. The van der Waals surface area contributed by atoms with Crippen LogP contribution >= 0.6 is 27.5 Å². The van der Waals surface area contributed by atoms with Crippen LogP contribution in [-0.4, -0.2) is 0 Å². The van der Waals surface area contributed by atoms with Crippen molar-refractivity contribution in [3.8, 4) is 5.75 Å². The van der Waals surface area contributed by atoms with E-state index in [-0.39, 0.29) is 12.4 Å². The molecular formula is C13H10BrClFNO. The van der Waals surface area contributed by atoms with Crippen LogP contribution in [0, 0.1) is 5.82 Å². The average Bonchev–Trinajstić information content (AvgIpc) is 2.31. The summed E-state index contributed by atoms with van der Waals surface area (Å²) in [5.41, 5.74) is 7.03. The number of halogens is 3. The Kier molecular flexibility index (Phi) is 4.09. The molecule has 0 atom stereocenters. The Morgan fingerprint density at radius 2 is 2.06 bits per heavy atom. The number of anilines is 1. The van der Waals surface area contributed by atoms with Crippen molar-refractivity contribution in [1.82, 2.24) is 0 Å². The van der Waals surface area contributed by atoms with E-state index in [4.69, 9.17) is 22.1 Å². The van der Waals surface area contributed by atoms with Crippen LogP contribution < -0.4 is 10.5 Å². The fraction of sp³-hybridized carbons (Fsp3) is 0.0769. The molecule has 2 rings (SSSR count). The van der Waals surface area contributed by atoms with E-state index >= 15 is 0 Å². The van der Waals surface area contributed by atoms with Gasteiger partial charge >= 0.3 is 0 Å². The first-order chi connectivity index (χ1) is 8.58. The fourth-order valence-electron chi connectivity index (χ4n) is 1.47. The third-order valence-corrected chi connectivity index (χ3v) is 3.36. The Bertz CT molecular complexity index is 557. The van der Waals surface area contributed by atoms with E-state index < -0.39 is 0 Å². The molecule has 0 aliphatic rings. The standard InChI is InChI=1S/C13H10BrClFNO/c14-10-2-1-3-12(17)13(10)18-7-8-4-5-9(16)6-11(8)15/h1-6H,7,17H2. The summed E-state index contributed by atoms with van der Waals surface area (Å²) in [6.45, 7) is 0.228. The molecule has 94 valence electrons. The molecule has 18 heavy (non-hydrogen) atoms. The third-order valence-electron chi connectivity index (χ3n) is 2.38.